The molecule has 1 aliphatic carbocycles. The van der Waals surface area contributed by atoms with Gasteiger partial charge in [-0.2, -0.15) is 5.10 Å². The van der Waals surface area contributed by atoms with Crippen molar-refractivity contribution >= 4 is 41.1 Å². The number of hydrogen-bond donors (Lipinski definition) is 1. The van der Waals surface area contributed by atoms with Crippen molar-refractivity contribution in [3.63, 3.8) is 0 Å². The van der Waals surface area contributed by atoms with Gasteiger partial charge in [0, 0.05) is 17.7 Å². The molecule has 51 heavy (non-hydrogen) atoms. The number of nitrogens with one attached hydrogen (secondary N) is 1. The highest BCUT2D eigenvalue weighted by Crippen LogP contribution is 2.40. The molecule has 11 heteroatoms. The van der Waals surface area contributed by atoms with Gasteiger partial charge < -0.3 is 18.9 Å². The molecule has 3 unspecified atom stereocenters. The number of amidine groups is 1. The zero-order valence-electron chi connectivity index (χ0n) is 28.5. The maximum Gasteiger partial charge on any atom is 0.343 e. The van der Waals surface area contributed by atoms with E-state index in [9.17, 15) is 14.4 Å². The summed E-state index contributed by atoms with van der Waals surface area (Å²) in [5.41, 5.74) is 7.17. The fraction of sp³-hybridized carbons (Fsp3) is 0.225. The second-order valence-electron chi connectivity index (χ2n) is 11.8. The number of allylic oxidation sites excluding steroid dienone is 2. The minimum absolute atomic E-state index is 0.0239. The number of hydrogen-bond acceptors (Lipinski definition) is 11. The lowest BCUT2D eigenvalue weighted by Crippen LogP contribution is -2.30. The largest absolute Gasteiger partial charge is 0.490 e. The average Bonchev–Trinajstić information content (AvgIpc) is 3.49. The fourth-order valence-electron chi connectivity index (χ4n) is 5.21. The zero-order chi connectivity index (χ0) is 36.2. The molecular formula is C40H39N3O7S. The Morgan fingerprint density at radius 2 is 1.73 bits per heavy atom. The predicted octanol–water partition coefficient (Wildman–Crippen LogP) is 7.01. The van der Waals surface area contributed by atoms with Crippen LogP contribution in [0.1, 0.15) is 41.8 Å². The Labute approximate surface area is 301 Å². The average molecular weight is 706 g/mol. The van der Waals surface area contributed by atoms with E-state index in [4.69, 9.17) is 23.9 Å². The molecule has 0 spiro atoms. The van der Waals surface area contributed by atoms with E-state index in [-0.39, 0.29) is 29.6 Å². The summed E-state index contributed by atoms with van der Waals surface area (Å²) in [4.78, 5) is 41.2. The van der Waals surface area contributed by atoms with Crippen LogP contribution in [0.5, 0.6) is 11.5 Å². The Balaban J connectivity index is 1.29. The maximum atomic E-state index is 13.3. The minimum atomic E-state index is -0.892. The molecule has 3 atom stereocenters. The summed E-state index contributed by atoms with van der Waals surface area (Å²) >= 11 is 1.61. The van der Waals surface area contributed by atoms with Gasteiger partial charge in [-0.3, -0.25) is 10.4 Å². The van der Waals surface area contributed by atoms with Crippen molar-refractivity contribution in [3.8, 4) is 22.6 Å². The summed E-state index contributed by atoms with van der Waals surface area (Å²) in [5.74, 6) is -1.22. The van der Waals surface area contributed by atoms with Crippen molar-refractivity contribution in [2.45, 2.75) is 43.6 Å². The maximum absolute atomic E-state index is 13.3. The normalized spacial score (nSPS) is 17.9. The van der Waals surface area contributed by atoms with Crippen molar-refractivity contribution in [3.05, 3.63) is 133 Å². The number of thioether (sulfide) groups is 1. The van der Waals surface area contributed by atoms with Crippen LogP contribution in [0.3, 0.4) is 0 Å². The fourth-order valence-corrected chi connectivity index (χ4v) is 6.29. The molecule has 262 valence electrons. The molecule has 0 aromatic heterocycles. The summed E-state index contributed by atoms with van der Waals surface area (Å²) < 4.78 is 21.6. The van der Waals surface area contributed by atoms with Gasteiger partial charge >= 0.3 is 17.9 Å². The summed E-state index contributed by atoms with van der Waals surface area (Å²) in [6, 6.07) is 20.3. The van der Waals surface area contributed by atoms with E-state index in [1.807, 2.05) is 24.3 Å². The number of fused-ring (bicyclic) bond motifs is 1. The number of ether oxygens (including phenoxy) is 4. The zero-order valence-corrected chi connectivity index (χ0v) is 29.3. The summed E-state index contributed by atoms with van der Waals surface area (Å²) in [7, 11) is 0. The molecule has 5 rings (SSSR count). The van der Waals surface area contributed by atoms with Crippen molar-refractivity contribution in [1.82, 2.24) is 5.43 Å². The van der Waals surface area contributed by atoms with Crippen LogP contribution in [-0.2, 0) is 25.5 Å². The third-order valence-electron chi connectivity index (χ3n) is 7.95. The Kier molecular flexibility index (Phi) is 12.4. The molecule has 1 heterocycles. The quantitative estimate of drug-likeness (QED) is 0.0585. The van der Waals surface area contributed by atoms with Crippen molar-refractivity contribution in [2.75, 3.05) is 13.2 Å². The van der Waals surface area contributed by atoms with E-state index < -0.39 is 24.0 Å². The number of rotatable bonds is 15. The number of hydrazone groups is 1. The monoisotopic (exact) mass is 705 g/mol. The van der Waals surface area contributed by atoms with Crippen LogP contribution in [0, 0.1) is 0 Å². The lowest BCUT2D eigenvalue weighted by atomic mass is 9.97. The molecule has 0 fully saturated rings. The van der Waals surface area contributed by atoms with E-state index >= 15 is 0 Å². The summed E-state index contributed by atoms with van der Waals surface area (Å²) in [6.45, 7) is 10.7. The third kappa shape index (κ3) is 9.95. The SMILES string of the molecule is C=CC(=O)OCC(COc1ccc(C(=O)Oc2ccc(-c3ccc(CCC)cc3)cc2/C=N/NC2=NC3C=CC=CC3(C)S2)cc1)OC(=O)C=C. The molecule has 3 aromatic carbocycles. The van der Waals surface area contributed by atoms with Crippen LogP contribution in [-0.4, -0.2) is 59.4 Å². The number of carbonyl (C=O) groups is 3. The van der Waals surface area contributed by atoms with E-state index in [0.717, 1.165) is 36.1 Å². The van der Waals surface area contributed by atoms with Crippen molar-refractivity contribution in [2.24, 2.45) is 10.1 Å². The van der Waals surface area contributed by atoms with Crippen LogP contribution in [0.4, 0.5) is 0 Å². The minimum Gasteiger partial charge on any atom is -0.490 e. The van der Waals surface area contributed by atoms with Crippen molar-refractivity contribution < 1.29 is 33.3 Å². The number of esters is 3. The first-order valence-corrected chi connectivity index (χ1v) is 17.2. The predicted molar refractivity (Wildman–Crippen MR) is 200 cm³/mol. The highest BCUT2D eigenvalue weighted by Gasteiger charge is 2.39. The first kappa shape index (κ1) is 36.6. The number of carbonyl (C=O) groups excluding carboxylic acids is 3. The van der Waals surface area contributed by atoms with Crippen molar-refractivity contribution in [1.29, 1.82) is 0 Å². The van der Waals surface area contributed by atoms with Gasteiger partial charge in [0.15, 0.2) is 11.3 Å². The molecule has 10 nitrogen and oxygen atoms in total. The van der Waals surface area contributed by atoms with Gasteiger partial charge in [0.1, 0.15) is 24.7 Å². The highest BCUT2D eigenvalue weighted by molar-refractivity contribution is 8.15. The van der Waals surface area contributed by atoms with Crippen LogP contribution >= 0.6 is 11.8 Å². The summed E-state index contributed by atoms with van der Waals surface area (Å²) in [6.07, 6.45) is 13.0. The van der Waals surface area contributed by atoms with Gasteiger partial charge in [-0.05, 0) is 66.4 Å². The lowest BCUT2D eigenvalue weighted by molar-refractivity contribution is -0.154. The Bertz CT molecular complexity index is 1880. The first-order chi connectivity index (χ1) is 24.7. The van der Waals surface area contributed by atoms with Crippen LogP contribution in [0.15, 0.2) is 126 Å². The summed E-state index contributed by atoms with van der Waals surface area (Å²) in [5, 5.41) is 5.17. The molecule has 0 bridgehead atoms. The molecule has 0 saturated carbocycles. The standard InChI is InChI=1S/C40H39N3O7S/c1-5-10-27-12-14-28(15-13-27)30-18-21-34(31(23-30)24-41-43-39-42-35-11-8-9-22-40(35,4)51-39)50-38(46)29-16-19-32(20-17-29)47-25-33(49-37(45)7-3)26-48-36(44)6-2/h6-9,11-24,33,35H,2-3,5,10,25-26H2,1,4H3,(H,42,43)/b41-24+. The van der Waals surface area contributed by atoms with E-state index in [0.29, 0.717) is 22.2 Å². The van der Waals surface area contributed by atoms with Gasteiger partial charge in [-0.1, -0.05) is 92.9 Å². The second kappa shape index (κ2) is 17.3. The molecule has 3 aromatic rings. The second-order valence-corrected chi connectivity index (χ2v) is 13.3. The van der Waals surface area contributed by atoms with E-state index in [2.05, 4.69) is 74.0 Å². The number of nitrogens with zero attached hydrogens (tertiary/aromatic N) is 2. The molecule has 2 aliphatic rings. The van der Waals surface area contributed by atoms with Gasteiger partial charge in [0.25, 0.3) is 0 Å². The number of benzene rings is 3. The van der Waals surface area contributed by atoms with E-state index in [1.165, 1.54) is 5.56 Å². The Morgan fingerprint density at radius 1 is 0.980 bits per heavy atom. The topological polar surface area (TPSA) is 125 Å². The Hall–Kier alpha value is -5.68. The Morgan fingerprint density at radius 3 is 2.43 bits per heavy atom. The molecule has 0 radical (unpaired) electrons. The molecule has 1 aliphatic heterocycles. The third-order valence-corrected chi connectivity index (χ3v) is 9.16. The van der Waals surface area contributed by atoms with Gasteiger partial charge in [-0.15, -0.1) is 0 Å². The van der Waals surface area contributed by atoms with Gasteiger partial charge in [0.05, 0.1) is 22.6 Å². The van der Waals surface area contributed by atoms with Crippen LogP contribution in [0.25, 0.3) is 11.1 Å². The first-order valence-electron chi connectivity index (χ1n) is 16.4. The molecule has 1 N–H and O–H groups in total. The van der Waals surface area contributed by atoms with Gasteiger partial charge in [-0.25, -0.2) is 14.4 Å². The molecule has 0 amide bonds. The number of aliphatic imine (C=N–C) groups is 1. The number of aryl methyl sites for hydroxylation is 1. The molecular weight excluding hydrogens is 667 g/mol. The van der Waals surface area contributed by atoms with E-state index in [1.54, 1.807) is 48.3 Å². The lowest BCUT2D eigenvalue weighted by Gasteiger charge is -2.24. The smallest absolute Gasteiger partial charge is 0.343 e. The highest BCUT2D eigenvalue weighted by atomic mass is 32.2. The van der Waals surface area contributed by atoms with Gasteiger partial charge in [0.2, 0.25) is 0 Å². The molecule has 0 saturated heterocycles. The van der Waals surface area contributed by atoms with Crippen LogP contribution < -0.4 is 14.9 Å². The van der Waals surface area contributed by atoms with Crippen LogP contribution in [0.2, 0.25) is 0 Å².